The number of rotatable bonds is 5. The average Bonchev–Trinajstić information content (AvgIpc) is 3.25. The number of nitrogens with zero attached hydrogens (tertiary/aromatic N) is 4. The van der Waals surface area contributed by atoms with Crippen molar-refractivity contribution in [1.29, 1.82) is 0 Å². The molecule has 7 heteroatoms. The molecule has 1 aliphatic rings. The maximum Gasteiger partial charge on any atom is 0.273 e. The van der Waals surface area contributed by atoms with Gasteiger partial charge < -0.3 is 10.0 Å². The van der Waals surface area contributed by atoms with Gasteiger partial charge in [0, 0.05) is 31.4 Å². The average molecular weight is 304 g/mol. The predicted octanol–water partition coefficient (Wildman–Crippen LogP) is 1.44. The zero-order valence-corrected chi connectivity index (χ0v) is 12.5. The molecule has 110 valence electrons. The molecule has 1 unspecified atom stereocenters. The molecule has 0 aliphatic heterocycles. The minimum Gasteiger partial charge on any atom is -0.391 e. The highest BCUT2D eigenvalue weighted by Gasteiger charge is 2.31. The van der Waals surface area contributed by atoms with Crippen LogP contribution in [0.1, 0.15) is 23.3 Å². The van der Waals surface area contributed by atoms with Gasteiger partial charge in [-0.15, -0.1) is 11.3 Å². The molecule has 1 fully saturated rings. The first-order valence-electron chi connectivity index (χ1n) is 6.81. The maximum atomic E-state index is 12.3. The van der Waals surface area contributed by atoms with E-state index in [2.05, 4.69) is 15.0 Å². The van der Waals surface area contributed by atoms with E-state index >= 15 is 0 Å². The summed E-state index contributed by atoms with van der Waals surface area (Å²) in [4.78, 5) is 26.3. The molecule has 1 saturated carbocycles. The van der Waals surface area contributed by atoms with Crippen LogP contribution in [0.15, 0.2) is 23.8 Å². The largest absolute Gasteiger partial charge is 0.391 e. The molecule has 6 nitrogen and oxygen atoms in total. The fraction of sp³-hybridized carbons (Fsp3) is 0.429. The Bertz CT molecular complexity index is 627. The summed E-state index contributed by atoms with van der Waals surface area (Å²) in [7, 11) is 1.69. The summed E-state index contributed by atoms with van der Waals surface area (Å²) in [5.41, 5.74) is 0.368. The number of thiazole rings is 1. The second-order valence-corrected chi connectivity index (χ2v) is 6.06. The molecule has 0 bridgehead atoms. The maximum absolute atomic E-state index is 12.3. The van der Waals surface area contributed by atoms with Gasteiger partial charge in [0.05, 0.1) is 6.10 Å². The molecule has 0 saturated heterocycles. The lowest BCUT2D eigenvalue weighted by molar-refractivity contribution is 0.0641. The molecule has 1 amide bonds. The monoisotopic (exact) mass is 304 g/mol. The van der Waals surface area contributed by atoms with Crippen LogP contribution in [0.4, 0.5) is 0 Å². The first-order chi connectivity index (χ1) is 10.1. The van der Waals surface area contributed by atoms with Gasteiger partial charge in [0.15, 0.2) is 10.8 Å². The number of likely N-dealkylation sites (N-methyl/N-ethyl adjacent to an activating group) is 1. The molecule has 1 N–H and O–H groups in total. The van der Waals surface area contributed by atoms with Gasteiger partial charge in [-0.3, -0.25) is 4.79 Å². The smallest absolute Gasteiger partial charge is 0.273 e. The van der Waals surface area contributed by atoms with Crippen molar-refractivity contribution < 1.29 is 9.90 Å². The SMILES string of the molecule is CN(CC(O)C1CC1)C(=O)c1csc(-c2ncccn2)n1. The highest BCUT2D eigenvalue weighted by Crippen LogP contribution is 2.32. The minimum absolute atomic E-state index is 0.187. The lowest BCUT2D eigenvalue weighted by Gasteiger charge is -2.19. The van der Waals surface area contributed by atoms with E-state index in [9.17, 15) is 9.90 Å². The number of hydrogen-bond donors (Lipinski definition) is 1. The van der Waals surface area contributed by atoms with Crippen molar-refractivity contribution in [2.24, 2.45) is 5.92 Å². The summed E-state index contributed by atoms with van der Waals surface area (Å²) >= 11 is 1.34. The van der Waals surface area contributed by atoms with Crippen molar-refractivity contribution in [2.75, 3.05) is 13.6 Å². The van der Waals surface area contributed by atoms with Crippen LogP contribution in [0, 0.1) is 5.92 Å². The Hall–Kier alpha value is -1.86. The van der Waals surface area contributed by atoms with Crippen molar-refractivity contribution in [3.63, 3.8) is 0 Å². The highest BCUT2D eigenvalue weighted by atomic mass is 32.1. The van der Waals surface area contributed by atoms with Crippen molar-refractivity contribution >= 4 is 17.2 Å². The number of hydrogen-bond acceptors (Lipinski definition) is 6. The fourth-order valence-electron chi connectivity index (χ4n) is 2.07. The van der Waals surface area contributed by atoms with Crippen molar-refractivity contribution in [2.45, 2.75) is 18.9 Å². The van der Waals surface area contributed by atoms with Gasteiger partial charge in [-0.05, 0) is 24.8 Å². The van der Waals surface area contributed by atoms with Crippen LogP contribution in [-0.2, 0) is 0 Å². The lowest BCUT2D eigenvalue weighted by Crippen LogP contribution is -2.35. The van der Waals surface area contributed by atoms with E-state index in [0.29, 0.717) is 29.0 Å². The van der Waals surface area contributed by atoms with Gasteiger partial charge in [-0.2, -0.15) is 0 Å². The van der Waals surface area contributed by atoms with Gasteiger partial charge in [-0.1, -0.05) is 0 Å². The number of carbonyl (C=O) groups excluding carboxylic acids is 1. The van der Waals surface area contributed by atoms with Gasteiger partial charge in [0.25, 0.3) is 5.91 Å². The van der Waals surface area contributed by atoms with Gasteiger partial charge in [0.2, 0.25) is 0 Å². The zero-order chi connectivity index (χ0) is 14.8. The number of aromatic nitrogens is 3. The van der Waals surface area contributed by atoms with Crippen LogP contribution >= 0.6 is 11.3 Å². The third-order valence-electron chi connectivity index (χ3n) is 3.45. The van der Waals surface area contributed by atoms with Crippen molar-refractivity contribution in [3.8, 4) is 10.8 Å². The van der Waals surface area contributed by atoms with Crippen LogP contribution in [0.25, 0.3) is 10.8 Å². The number of aliphatic hydroxyl groups excluding tert-OH is 1. The van der Waals surface area contributed by atoms with Crippen molar-refractivity contribution in [3.05, 3.63) is 29.5 Å². The Kier molecular flexibility index (Phi) is 3.94. The summed E-state index contributed by atoms with van der Waals surface area (Å²) in [5, 5.41) is 12.2. The normalized spacial score (nSPS) is 15.7. The van der Waals surface area contributed by atoms with Crippen LogP contribution in [-0.4, -0.2) is 50.6 Å². The van der Waals surface area contributed by atoms with E-state index in [1.807, 2.05) is 0 Å². The second kappa shape index (κ2) is 5.87. The van der Waals surface area contributed by atoms with Crippen LogP contribution in [0.5, 0.6) is 0 Å². The molecule has 21 heavy (non-hydrogen) atoms. The van der Waals surface area contributed by atoms with Gasteiger partial charge in [-0.25, -0.2) is 15.0 Å². The highest BCUT2D eigenvalue weighted by molar-refractivity contribution is 7.13. The first-order valence-corrected chi connectivity index (χ1v) is 7.69. The summed E-state index contributed by atoms with van der Waals surface area (Å²) in [6, 6.07) is 1.73. The molecular weight excluding hydrogens is 288 g/mol. The van der Waals surface area contributed by atoms with E-state index in [1.54, 1.807) is 30.9 Å². The molecule has 2 aromatic heterocycles. The van der Waals surface area contributed by atoms with Crippen LogP contribution in [0.3, 0.4) is 0 Å². The lowest BCUT2D eigenvalue weighted by atomic mass is 10.2. The molecule has 0 aromatic carbocycles. The summed E-state index contributed by atoms with van der Waals surface area (Å²) in [6.45, 7) is 0.345. The van der Waals surface area contributed by atoms with Gasteiger partial charge >= 0.3 is 0 Å². The number of aliphatic hydroxyl groups is 1. The fourth-order valence-corrected chi connectivity index (χ4v) is 2.81. The number of amides is 1. The van der Waals surface area contributed by atoms with E-state index in [4.69, 9.17) is 0 Å². The Morgan fingerprint density at radius 1 is 1.48 bits per heavy atom. The first kappa shape index (κ1) is 14.1. The summed E-state index contributed by atoms with van der Waals surface area (Å²) < 4.78 is 0. The minimum atomic E-state index is -0.436. The van der Waals surface area contributed by atoms with Crippen LogP contribution < -0.4 is 0 Å². The van der Waals surface area contributed by atoms with Gasteiger partial charge in [0.1, 0.15) is 5.69 Å². The molecule has 1 atom stereocenters. The van der Waals surface area contributed by atoms with E-state index in [0.717, 1.165) is 12.8 Å². The molecule has 3 rings (SSSR count). The Morgan fingerprint density at radius 2 is 2.19 bits per heavy atom. The number of carbonyl (C=O) groups is 1. The molecule has 2 aromatic rings. The van der Waals surface area contributed by atoms with Crippen molar-refractivity contribution in [1.82, 2.24) is 19.9 Å². The summed E-state index contributed by atoms with van der Waals surface area (Å²) in [6.07, 6.45) is 4.95. The zero-order valence-electron chi connectivity index (χ0n) is 11.6. The topological polar surface area (TPSA) is 79.2 Å². The van der Waals surface area contributed by atoms with E-state index in [1.165, 1.54) is 16.2 Å². The molecule has 0 radical (unpaired) electrons. The summed E-state index contributed by atoms with van der Waals surface area (Å²) in [5.74, 6) is 0.680. The quantitative estimate of drug-likeness (QED) is 0.904. The predicted molar refractivity (Wildman–Crippen MR) is 78.8 cm³/mol. The third kappa shape index (κ3) is 3.25. The third-order valence-corrected chi connectivity index (χ3v) is 4.29. The molecule has 2 heterocycles. The van der Waals surface area contributed by atoms with E-state index in [-0.39, 0.29) is 5.91 Å². The Labute approximate surface area is 126 Å². The molecular formula is C14H16N4O2S. The molecule has 1 aliphatic carbocycles. The molecule has 0 spiro atoms. The standard InChI is InChI=1S/C14H16N4O2S/c1-18(7-11(19)9-3-4-9)14(20)10-8-21-13(17-10)12-15-5-2-6-16-12/h2,5-6,8-9,11,19H,3-4,7H2,1H3. The Morgan fingerprint density at radius 3 is 2.86 bits per heavy atom. The second-order valence-electron chi connectivity index (χ2n) is 5.20. The Balaban J connectivity index is 1.68. The van der Waals surface area contributed by atoms with Crippen LogP contribution in [0.2, 0.25) is 0 Å². The van der Waals surface area contributed by atoms with E-state index < -0.39 is 6.10 Å².